The van der Waals surface area contributed by atoms with Crippen molar-refractivity contribution in [3.8, 4) is 17.2 Å². The Balaban J connectivity index is 1.26. The summed E-state index contributed by atoms with van der Waals surface area (Å²) < 4.78 is 13.2. The lowest BCUT2D eigenvalue weighted by molar-refractivity contribution is -0.119. The number of aromatic nitrogens is 3. The van der Waals surface area contributed by atoms with Gasteiger partial charge in [0.1, 0.15) is 19.5 Å². The third kappa shape index (κ3) is 4.56. The molecule has 3 aromatic rings. The maximum atomic E-state index is 12.8. The van der Waals surface area contributed by atoms with Crippen LogP contribution in [0, 0.1) is 12.8 Å². The van der Waals surface area contributed by atoms with E-state index in [0.717, 1.165) is 41.2 Å². The number of fused-ring (bicyclic) bond motifs is 1. The van der Waals surface area contributed by atoms with Crippen molar-refractivity contribution in [2.75, 3.05) is 19.0 Å². The van der Waals surface area contributed by atoms with Crippen LogP contribution in [0.5, 0.6) is 11.5 Å². The standard InChI is InChI=1S/C23H23ClN4O3S/c1-14-2-6-17(11-18(14)24)28-13-25-27-23(28)32-12-21(29)26-22(15-3-4-15)16-5-7-19-20(10-16)31-9-8-30-19/h2,5-7,10-11,13,15,22H,3-4,8-9,12H2,1H3,(H,26,29). The first-order valence-electron chi connectivity index (χ1n) is 10.6. The summed E-state index contributed by atoms with van der Waals surface area (Å²) in [5.74, 6) is 2.15. The molecule has 0 bridgehead atoms. The highest BCUT2D eigenvalue weighted by Gasteiger charge is 2.34. The van der Waals surface area contributed by atoms with E-state index < -0.39 is 0 Å². The van der Waals surface area contributed by atoms with Crippen LogP contribution in [0.15, 0.2) is 47.9 Å². The van der Waals surface area contributed by atoms with Crippen molar-refractivity contribution in [2.24, 2.45) is 5.92 Å². The maximum Gasteiger partial charge on any atom is 0.230 e. The van der Waals surface area contributed by atoms with Gasteiger partial charge < -0.3 is 14.8 Å². The molecule has 2 aromatic carbocycles. The van der Waals surface area contributed by atoms with E-state index in [1.165, 1.54) is 11.8 Å². The molecule has 1 N–H and O–H groups in total. The van der Waals surface area contributed by atoms with Crippen LogP contribution >= 0.6 is 23.4 Å². The van der Waals surface area contributed by atoms with Crippen molar-refractivity contribution < 1.29 is 14.3 Å². The summed E-state index contributed by atoms with van der Waals surface area (Å²) >= 11 is 7.61. The Kier molecular flexibility index (Phi) is 5.97. The molecule has 1 saturated carbocycles. The Bertz CT molecular complexity index is 1150. The summed E-state index contributed by atoms with van der Waals surface area (Å²) in [5.41, 5.74) is 2.91. The molecule has 9 heteroatoms. The Labute approximate surface area is 195 Å². The topological polar surface area (TPSA) is 78.3 Å². The first-order valence-corrected chi connectivity index (χ1v) is 11.9. The molecule has 1 fully saturated rings. The van der Waals surface area contributed by atoms with Crippen molar-refractivity contribution >= 4 is 29.3 Å². The van der Waals surface area contributed by atoms with Crippen LogP contribution in [0.4, 0.5) is 0 Å². The zero-order chi connectivity index (χ0) is 22.1. The fourth-order valence-electron chi connectivity index (χ4n) is 3.73. The lowest BCUT2D eigenvalue weighted by Gasteiger charge is -2.23. The minimum absolute atomic E-state index is 0.0345. The molecule has 2 aliphatic rings. The summed E-state index contributed by atoms with van der Waals surface area (Å²) in [4.78, 5) is 12.8. The predicted octanol–water partition coefficient (Wildman–Crippen LogP) is 4.36. The molecule has 1 aliphatic heterocycles. The number of amides is 1. The molecule has 1 atom stereocenters. The molecule has 1 aliphatic carbocycles. The summed E-state index contributed by atoms with van der Waals surface area (Å²) in [6.07, 6.45) is 3.84. The van der Waals surface area contributed by atoms with Gasteiger partial charge in [-0.3, -0.25) is 9.36 Å². The molecular formula is C23H23ClN4O3S. The summed E-state index contributed by atoms with van der Waals surface area (Å²) in [6.45, 7) is 3.06. The van der Waals surface area contributed by atoms with Gasteiger partial charge in [-0.1, -0.05) is 35.5 Å². The van der Waals surface area contributed by atoms with Crippen LogP contribution in [0.1, 0.15) is 30.0 Å². The number of hydrogen-bond donors (Lipinski definition) is 1. The van der Waals surface area contributed by atoms with Crippen LogP contribution in [-0.4, -0.2) is 39.6 Å². The number of ether oxygens (including phenoxy) is 2. The maximum absolute atomic E-state index is 12.8. The van der Waals surface area contributed by atoms with Gasteiger partial charge in [-0.15, -0.1) is 10.2 Å². The Morgan fingerprint density at radius 1 is 1.22 bits per heavy atom. The molecule has 0 radical (unpaired) electrons. The minimum Gasteiger partial charge on any atom is -0.486 e. The number of halogens is 1. The Hall–Kier alpha value is -2.71. The number of rotatable bonds is 7. The second-order valence-electron chi connectivity index (χ2n) is 7.99. The number of benzene rings is 2. The molecule has 0 saturated heterocycles. The van der Waals surface area contributed by atoms with Crippen molar-refractivity contribution in [3.63, 3.8) is 0 Å². The van der Waals surface area contributed by atoms with Gasteiger partial charge >= 0.3 is 0 Å². The minimum atomic E-state index is -0.0433. The van der Waals surface area contributed by atoms with E-state index in [4.69, 9.17) is 21.1 Å². The van der Waals surface area contributed by atoms with E-state index in [1.807, 2.05) is 47.9 Å². The second kappa shape index (κ2) is 9.03. The zero-order valence-electron chi connectivity index (χ0n) is 17.6. The summed E-state index contributed by atoms with van der Waals surface area (Å²) in [5, 5.41) is 12.7. The molecule has 166 valence electrons. The first-order chi connectivity index (χ1) is 15.6. The molecule has 1 unspecified atom stereocenters. The third-order valence-corrected chi connectivity index (χ3v) is 6.97. The van der Waals surface area contributed by atoms with Crippen molar-refractivity contribution in [1.82, 2.24) is 20.1 Å². The van der Waals surface area contributed by atoms with Crippen LogP contribution < -0.4 is 14.8 Å². The molecule has 32 heavy (non-hydrogen) atoms. The number of carbonyl (C=O) groups excluding carboxylic acids is 1. The number of nitrogens with zero attached hydrogens (tertiary/aromatic N) is 3. The second-order valence-corrected chi connectivity index (χ2v) is 9.34. The highest BCUT2D eigenvalue weighted by atomic mass is 35.5. The molecular weight excluding hydrogens is 448 g/mol. The van der Waals surface area contributed by atoms with Crippen molar-refractivity contribution in [2.45, 2.75) is 31.0 Å². The van der Waals surface area contributed by atoms with E-state index in [9.17, 15) is 4.79 Å². The van der Waals surface area contributed by atoms with Crippen LogP contribution in [-0.2, 0) is 4.79 Å². The van der Waals surface area contributed by atoms with E-state index >= 15 is 0 Å². The zero-order valence-corrected chi connectivity index (χ0v) is 19.2. The molecule has 1 aromatic heterocycles. The molecule has 2 heterocycles. The Morgan fingerprint density at radius 2 is 2.03 bits per heavy atom. The normalized spacial score (nSPS) is 15.9. The summed E-state index contributed by atoms with van der Waals surface area (Å²) in [6, 6.07) is 11.7. The van der Waals surface area contributed by atoms with Crippen LogP contribution in [0.2, 0.25) is 5.02 Å². The molecule has 5 rings (SSSR count). The van der Waals surface area contributed by atoms with Gasteiger partial charge in [0, 0.05) is 5.02 Å². The Morgan fingerprint density at radius 3 is 2.81 bits per heavy atom. The summed E-state index contributed by atoms with van der Waals surface area (Å²) in [7, 11) is 0. The fourth-order valence-corrected chi connectivity index (χ4v) is 4.65. The largest absolute Gasteiger partial charge is 0.486 e. The highest BCUT2D eigenvalue weighted by Crippen LogP contribution is 2.43. The SMILES string of the molecule is Cc1ccc(-n2cnnc2SCC(=O)NC(c2ccc3c(c2)OCCO3)C2CC2)cc1Cl. The lowest BCUT2D eigenvalue weighted by atomic mass is 10.0. The lowest BCUT2D eigenvalue weighted by Crippen LogP contribution is -2.31. The quantitative estimate of drug-likeness (QED) is 0.517. The number of aryl methyl sites for hydroxylation is 1. The van der Waals surface area contributed by atoms with Gasteiger partial charge in [-0.25, -0.2) is 0 Å². The monoisotopic (exact) mass is 470 g/mol. The molecule has 0 spiro atoms. The first kappa shape index (κ1) is 21.2. The van der Waals surface area contributed by atoms with Gasteiger partial charge in [0.05, 0.1) is 17.5 Å². The van der Waals surface area contributed by atoms with Crippen molar-refractivity contribution in [1.29, 1.82) is 0 Å². The average molecular weight is 471 g/mol. The van der Waals surface area contributed by atoms with Crippen LogP contribution in [0.3, 0.4) is 0 Å². The highest BCUT2D eigenvalue weighted by molar-refractivity contribution is 7.99. The number of hydrogen-bond acceptors (Lipinski definition) is 6. The van der Waals surface area contributed by atoms with Crippen LogP contribution in [0.25, 0.3) is 5.69 Å². The van der Waals surface area contributed by atoms with Gasteiger partial charge in [0.25, 0.3) is 0 Å². The van der Waals surface area contributed by atoms with Crippen molar-refractivity contribution in [3.05, 3.63) is 58.9 Å². The fraction of sp³-hybridized carbons (Fsp3) is 0.348. The van der Waals surface area contributed by atoms with Gasteiger partial charge in [-0.05, 0) is 61.1 Å². The molecule has 7 nitrogen and oxygen atoms in total. The van der Waals surface area contributed by atoms with E-state index in [1.54, 1.807) is 6.33 Å². The van der Waals surface area contributed by atoms with E-state index in [0.29, 0.717) is 29.3 Å². The number of carbonyl (C=O) groups is 1. The number of nitrogens with one attached hydrogen (secondary N) is 1. The third-order valence-electron chi connectivity index (χ3n) is 5.62. The van der Waals surface area contributed by atoms with Gasteiger partial charge in [-0.2, -0.15) is 0 Å². The molecule has 1 amide bonds. The smallest absolute Gasteiger partial charge is 0.230 e. The average Bonchev–Trinajstić information content (AvgIpc) is 3.54. The number of thioether (sulfide) groups is 1. The van der Waals surface area contributed by atoms with Gasteiger partial charge in [0.2, 0.25) is 5.91 Å². The van der Waals surface area contributed by atoms with E-state index in [2.05, 4.69) is 15.5 Å². The van der Waals surface area contributed by atoms with E-state index in [-0.39, 0.29) is 17.7 Å². The predicted molar refractivity (Wildman–Crippen MR) is 123 cm³/mol. The van der Waals surface area contributed by atoms with Gasteiger partial charge in [0.15, 0.2) is 16.7 Å².